The van der Waals surface area contributed by atoms with E-state index in [-0.39, 0.29) is 12.0 Å². The normalized spacial score (nSPS) is 19.6. The fraction of sp³-hybridized carbons (Fsp3) is 0.567. The predicted octanol–water partition coefficient (Wildman–Crippen LogP) is 6.14. The topological polar surface area (TPSA) is 105 Å². The average molecular weight is 489 g/mol. The molecule has 1 saturated heterocycles. The molecule has 0 saturated carbocycles. The van der Waals surface area contributed by atoms with Crippen molar-refractivity contribution in [2.24, 2.45) is 5.73 Å². The Bertz CT molecular complexity index is 1120. The van der Waals surface area contributed by atoms with Crippen LogP contribution in [0.5, 0.6) is 0 Å². The molecule has 0 radical (unpaired) electrons. The number of rotatable bonds is 6. The fourth-order valence-electron chi connectivity index (χ4n) is 5.56. The van der Waals surface area contributed by atoms with Gasteiger partial charge in [0.2, 0.25) is 0 Å². The van der Waals surface area contributed by atoms with E-state index in [1.807, 2.05) is 6.07 Å². The number of nitrogens with two attached hydrogens (primary N) is 2. The first-order valence-electron chi connectivity index (χ1n) is 13.7. The van der Waals surface area contributed by atoms with E-state index in [2.05, 4.69) is 58.2 Å². The summed E-state index contributed by atoms with van der Waals surface area (Å²) in [5, 5.41) is 9.97. The van der Waals surface area contributed by atoms with E-state index in [1.54, 1.807) is 0 Å². The van der Waals surface area contributed by atoms with E-state index < -0.39 is 0 Å². The molecule has 2 aromatic rings. The van der Waals surface area contributed by atoms with E-state index >= 15 is 0 Å². The third-order valence-electron chi connectivity index (χ3n) is 7.54. The van der Waals surface area contributed by atoms with Crippen molar-refractivity contribution in [3.8, 4) is 6.07 Å². The number of nitrogen functional groups attached to an aromatic ring is 1. The fourth-order valence-corrected chi connectivity index (χ4v) is 5.56. The molecule has 2 heterocycles. The molecular weight excluding hydrogens is 444 g/mol. The Morgan fingerprint density at radius 3 is 2.56 bits per heavy atom. The van der Waals surface area contributed by atoms with Gasteiger partial charge in [-0.25, -0.2) is 9.97 Å². The van der Waals surface area contributed by atoms with Crippen LogP contribution in [0.3, 0.4) is 0 Å². The van der Waals surface area contributed by atoms with Gasteiger partial charge in [-0.2, -0.15) is 5.26 Å². The molecule has 2 unspecified atom stereocenters. The smallest absolute Gasteiger partial charge is 0.136 e. The minimum atomic E-state index is 0.141. The zero-order chi connectivity index (χ0) is 26.4. The van der Waals surface area contributed by atoms with Crippen LogP contribution in [0.25, 0.3) is 0 Å². The highest BCUT2D eigenvalue weighted by Crippen LogP contribution is 2.42. The van der Waals surface area contributed by atoms with Gasteiger partial charge in [0, 0.05) is 29.9 Å². The molecule has 194 valence electrons. The molecule has 1 aromatic carbocycles. The summed E-state index contributed by atoms with van der Waals surface area (Å²) in [5.74, 6) is 2.51. The molecule has 1 aliphatic carbocycles. The molecule has 2 aliphatic rings. The molecule has 36 heavy (non-hydrogen) atoms. The van der Waals surface area contributed by atoms with E-state index in [4.69, 9.17) is 21.4 Å². The Balaban J connectivity index is 0.00000115. The molecule has 1 aliphatic heterocycles. The maximum absolute atomic E-state index is 9.97. The molecule has 0 amide bonds. The summed E-state index contributed by atoms with van der Waals surface area (Å²) in [6.07, 6.45) is 7.82. The molecule has 0 spiro atoms. The van der Waals surface area contributed by atoms with Crippen LogP contribution in [0.15, 0.2) is 24.4 Å². The third kappa shape index (κ3) is 5.51. The zero-order valence-corrected chi connectivity index (χ0v) is 22.9. The Morgan fingerprint density at radius 2 is 1.94 bits per heavy atom. The second kappa shape index (κ2) is 12.3. The van der Waals surface area contributed by atoms with Crippen LogP contribution in [0, 0.1) is 11.3 Å². The van der Waals surface area contributed by atoms with Crippen molar-refractivity contribution in [1.82, 2.24) is 9.97 Å². The summed E-state index contributed by atoms with van der Waals surface area (Å²) in [6.45, 7) is 15.8. The highest BCUT2D eigenvalue weighted by molar-refractivity contribution is 5.63. The SMILES string of the molecule is C=C(N)C1CCCN1c1nc(CC)nc2c1CCC(c1c([C@@H](C)CC)ccc(N)c1C#N)C2.CCC. The van der Waals surface area contributed by atoms with Gasteiger partial charge in [-0.15, -0.1) is 0 Å². The molecule has 0 bridgehead atoms. The largest absolute Gasteiger partial charge is 0.401 e. The molecule has 6 nitrogen and oxygen atoms in total. The second-order valence-corrected chi connectivity index (χ2v) is 10.3. The van der Waals surface area contributed by atoms with Crippen LogP contribution in [-0.4, -0.2) is 22.6 Å². The lowest BCUT2D eigenvalue weighted by atomic mass is 9.76. The second-order valence-electron chi connectivity index (χ2n) is 10.3. The number of benzene rings is 1. The van der Waals surface area contributed by atoms with Crippen LogP contribution in [0.1, 0.15) is 112 Å². The summed E-state index contributed by atoms with van der Waals surface area (Å²) >= 11 is 0. The van der Waals surface area contributed by atoms with Crippen molar-refractivity contribution >= 4 is 11.5 Å². The predicted molar refractivity (Wildman–Crippen MR) is 150 cm³/mol. The molecule has 1 fully saturated rings. The lowest BCUT2D eigenvalue weighted by Gasteiger charge is -2.33. The molecule has 6 heteroatoms. The van der Waals surface area contributed by atoms with Crippen LogP contribution in [0.4, 0.5) is 11.5 Å². The van der Waals surface area contributed by atoms with Crippen LogP contribution in [0.2, 0.25) is 0 Å². The minimum absolute atomic E-state index is 0.141. The lowest BCUT2D eigenvalue weighted by molar-refractivity contribution is 0.552. The van der Waals surface area contributed by atoms with Crippen molar-refractivity contribution in [2.45, 2.75) is 104 Å². The van der Waals surface area contributed by atoms with Crippen LogP contribution < -0.4 is 16.4 Å². The van der Waals surface area contributed by atoms with Gasteiger partial charge in [0.1, 0.15) is 17.7 Å². The summed E-state index contributed by atoms with van der Waals surface area (Å²) in [7, 11) is 0. The highest BCUT2D eigenvalue weighted by Gasteiger charge is 2.34. The Morgan fingerprint density at radius 1 is 1.22 bits per heavy atom. The number of aryl methyl sites for hydroxylation is 1. The Labute approximate surface area is 217 Å². The van der Waals surface area contributed by atoms with Gasteiger partial charge in [0.15, 0.2) is 0 Å². The van der Waals surface area contributed by atoms with E-state index in [1.165, 1.54) is 17.5 Å². The third-order valence-corrected chi connectivity index (χ3v) is 7.54. The Hall–Kier alpha value is -3.07. The number of anilines is 2. The molecular formula is C30H44N6. The summed E-state index contributed by atoms with van der Waals surface area (Å²) in [4.78, 5) is 12.3. The first-order chi connectivity index (χ1) is 17.3. The van der Waals surface area contributed by atoms with Gasteiger partial charge in [-0.05, 0) is 67.6 Å². The van der Waals surface area contributed by atoms with Crippen molar-refractivity contribution in [3.05, 3.63) is 58.2 Å². The van der Waals surface area contributed by atoms with E-state index in [0.29, 0.717) is 22.9 Å². The number of aromatic nitrogens is 2. The van der Waals surface area contributed by atoms with Crippen LogP contribution >= 0.6 is 0 Å². The summed E-state index contributed by atoms with van der Waals surface area (Å²) in [6, 6.07) is 6.57. The summed E-state index contributed by atoms with van der Waals surface area (Å²) in [5.41, 5.74) is 19.1. The number of nitriles is 1. The average Bonchev–Trinajstić information content (AvgIpc) is 3.37. The quantitative estimate of drug-likeness (QED) is 0.473. The van der Waals surface area contributed by atoms with Crippen molar-refractivity contribution in [3.63, 3.8) is 0 Å². The van der Waals surface area contributed by atoms with Crippen LogP contribution in [-0.2, 0) is 19.3 Å². The molecule has 4 rings (SSSR count). The number of hydrogen-bond acceptors (Lipinski definition) is 6. The van der Waals surface area contributed by atoms with E-state index in [0.717, 1.165) is 74.4 Å². The summed E-state index contributed by atoms with van der Waals surface area (Å²) < 4.78 is 0. The number of fused-ring (bicyclic) bond motifs is 1. The van der Waals surface area contributed by atoms with Gasteiger partial charge in [0.25, 0.3) is 0 Å². The standard InChI is InChI=1S/C27H36N6.C3H8/c1-5-16(3)19-11-12-22(30)21(15-28)26(19)18-9-10-20-23(14-18)31-25(6-2)32-27(20)33-13-7-8-24(33)17(4)29;1-3-2/h11-12,16,18,24H,4-10,13-14,29-30H2,1-3H3;3H2,1-2H3/t16-,18?,24?;/m0./s1. The van der Waals surface area contributed by atoms with Gasteiger partial charge in [-0.1, -0.05) is 53.7 Å². The lowest BCUT2D eigenvalue weighted by Crippen LogP contribution is -2.36. The number of hydrogen-bond donors (Lipinski definition) is 2. The monoisotopic (exact) mass is 488 g/mol. The van der Waals surface area contributed by atoms with Crippen molar-refractivity contribution in [1.29, 1.82) is 5.26 Å². The zero-order valence-electron chi connectivity index (χ0n) is 22.9. The Kier molecular flexibility index (Phi) is 9.37. The molecule has 4 N–H and O–H groups in total. The van der Waals surface area contributed by atoms with Crippen molar-refractivity contribution in [2.75, 3.05) is 17.2 Å². The number of nitrogens with zero attached hydrogens (tertiary/aromatic N) is 4. The van der Waals surface area contributed by atoms with Gasteiger partial charge < -0.3 is 16.4 Å². The molecule has 3 atom stereocenters. The first-order valence-corrected chi connectivity index (χ1v) is 13.7. The maximum Gasteiger partial charge on any atom is 0.136 e. The molecule has 1 aromatic heterocycles. The maximum atomic E-state index is 9.97. The van der Waals surface area contributed by atoms with Gasteiger partial charge in [-0.3, -0.25) is 0 Å². The van der Waals surface area contributed by atoms with Crippen molar-refractivity contribution < 1.29 is 0 Å². The highest BCUT2D eigenvalue weighted by atomic mass is 15.2. The minimum Gasteiger partial charge on any atom is -0.401 e. The first kappa shape index (κ1) is 27.5. The van der Waals surface area contributed by atoms with E-state index in [9.17, 15) is 5.26 Å². The van der Waals surface area contributed by atoms with Gasteiger partial charge in [0.05, 0.1) is 17.3 Å². The van der Waals surface area contributed by atoms with Gasteiger partial charge >= 0.3 is 0 Å².